The Labute approximate surface area is 135 Å². The van der Waals surface area contributed by atoms with Crippen molar-refractivity contribution in [2.75, 3.05) is 0 Å². The van der Waals surface area contributed by atoms with Gasteiger partial charge in [-0.15, -0.1) is 0 Å². The average Bonchev–Trinajstić information content (AvgIpc) is 2.56. The third-order valence-electron chi connectivity index (χ3n) is 3.49. The fourth-order valence-corrected chi connectivity index (χ4v) is 3.12. The van der Waals surface area contributed by atoms with Crippen molar-refractivity contribution in [2.24, 2.45) is 0 Å². The molecule has 0 aliphatic carbocycles. The van der Waals surface area contributed by atoms with E-state index in [2.05, 4.69) is 12.1 Å². The fraction of sp³-hybridized carbons (Fsp3) is 0.0500. The van der Waals surface area contributed by atoms with Crippen molar-refractivity contribution in [3.8, 4) is 0 Å². The minimum Gasteiger partial charge on any atom is -0.289 e. The van der Waals surface area contributed by atoms with Gasteiger partial charge in [-0.1, -0.05) is 54.2 Å². The van der Waals surface area contributed by atoms with E-state index in [-0.39, 0.29) is 5.78 Å². The van der Waals surface area contributed by atoms with E-state index in [0.717, 1.165) is 21.6 Å². The molecule has 0 saturated heterocycles. The maximum absolute atomic E-state index is 12.5. The van der Waals surface area contributed by atoms with Crippen molar-refractivity contribution in [1.82, 2.24) is 0 Å². The van der Waals surface area contributed by atoms with Crippen LogP contribution in [0.3, 0.4) is 0 Å². The van der Waals surface area contributed by atoms with Crippen molar-refractivity contribution in [2.45, 2.75) is 16.7 Å². The molecule has 0 aliphatic heterocycles. The average molecular weight is 304 g/mol. The molecule has 0 aromatic heterocycles. The summed E-state index contributed by atoms with van der Waals surface area (Å²) in [6, 6.07) is 25.7. The van der Waals surface area contributed by atoms with Crippen LogP contribution in [0.5, 0.6) is 0 Å². The minimum atomic E-state index is 0.0781. The van der Waals surface area contributed by atoms with Crippen LogP contribution in [0.15, 0.2) is 88.7 Å². The van der Waals surface area contributed by atoms with Crippen LogP contribution in [-0.2, 0) is 0 Å². The van der Waals surface area contributed by atoms with Gasteiger partial charge in [0, 0.05) is 20.9 Å². The molecule has 0 saturated carbocycles. The minimum absolute atomic E-state index is 0.0781. The van der Waals surface area contributed by atoms with Gasteiger partial charge in [-0.25, -0.2) is 0 Å². The van der Waals surface area contributed by atoms with Crippen LogP contribution in [0.4, 0.5) is 0 Å². The number of hydrogen-bond acceptors (Lipinski definition) is 2. The van der Waals surface area contributed by atoms with Gasteiger partial charge in [0.05, 0.1) is 0 Å². The van der Waals surface area contributed by atoms with Crippen LogP contribution in [0.2, 0.25) is 0 Å². The van der Waals surface area contributed by atoms with Crippen LogP contribution < -0.4 is 0 Å². The predicted molar refractivity (Wildman–Crippen MR) is 91.6 cm³/mol. The van der Waals surface area contributed by atoms with E-state index in [1.807, 2.05) is 73.7 Å². The lowest BCUT2D eigenvalue weighted by Gasteiger charge is -2.06. The van der Waals surface area contributed by atoms with E-state index in [1.54, 1.807) is 11.8 Å². The van der Waals surface area contributed by atoms with E-state index in [0.29, 0.717) is 0 Å². The Morgan fingerprint density at radius 3 is 2.00 bits per heavy atom. The first-order valence-corrected chi connectivity index (χ1v) is 7.99. The molecule has 0 spiro atoms. The third kappa shape index (κ3) is 3.29. The lowest BCUT2D eigenvalue weighted by atomic mass is 9.99. The summed E-state index contributed by atoms with van der Waals surface area (Å²) in [7, 11) is 0. The van der Waals surface area contributed by atoms with Crippen LogP contribution in [0.1, 0.15) is 21.5 Å². The van der Waals surface area contributed by atoms with Crippen molar-refractivity contribution >= 4 is 17.5 Å². The number of aryl methyl sites for hydroxylation is 1. The van der Waals surface area contributed by atoms with E-state index >= 15 is 0 Å². The van der Waals surface area contributed by atoms with E-state index < -0.39 is 0 Å². The highest BCUT2D eigenvalue weighted by Gasteiger charge is 2.11. The molecule has 0 bridgehead atoms. The first kappa shape index (κ1) is 14.6. The monoisotopic (exact) mass is 304 g/mol. The summed E-state index contributed by atoms with van der Waals surface area (Å²) < 4.78 is 0. The molecule has 22 heavy (non-hydrogen) atoms. The van der Waals surface area contributed by atoms with Crippen molar-refractivity contribution in [3.63, 3.8) is 0 Å². The van der Waals surface area contributed by atoms with Gasteiger partial charge in [-0.05, 0) is 48.9 Å². The Kier molecular flexibility index (Phi) is 4.40. The van der Waals surface area contributed by atoms with Crippen LogP contribution >= 0.6 is 11.8 Å². The van der Waals surface area contributed by atoms with E-state index in [4.69, 9.17) is 0 Å². The molecular formula is C20H16OS. The second-order valence-corrected chi connectivity index (χ2v) is 6.23. The Morgan fingerprint density at radius 1 is 0.727 bits per heavy atom. The van der Waals surface area contributed by atoms with Crippen LogP contribution in [0, 0.1) is 6.92 Å². The molecule has 0 radical (unpaired) electrons. The fourth-order valence-electron chi connectivity index (χ4n) is 2.28. The predicted octanol–water partition coefficient (Wildman–Crippen LogP) is 5.38. The topological polar surface area (TPSA) is 17.1 Å². The highest BCUT2D eigenvalue weighted by Crippen LogP contribution is 2.27. The van der Waals surface area contributed by atoms with Crippen LogP contribution in [-0.4, -0.2) is 5.78 Å². The lowest BCUT2D eigenvalue weighted by molar-refractivity contribution is 0.103. The molecule has 0 aliphatic rings. The molecule has 2 heteroatoms. The molecule has 3 aromatic carbocycles. The third-order valence-corrected chi connectivity index (χ3v) is 4.50. The second-order valence-electron chi connectivity index (χ2n) is 5.08. The molecule has 3 rings (SSSR count). The maximum Gasteiger partial charge on any atom is 0.193 e. The Morgan fingerprint density at radius 2 is 1.32 bits per heavy atom. The highest BCUT2D eigenvalue weighted by molar-refractivity contribution is 7.99. The van der Waals surface area contributed by atoms with E-state index in [9.17, 15) is 4.79 Å². The van der Waals surface area contributed by atoms with Gasteiger partial charge in [-0.2, -0.15) is 0 Å². The van der Waals surface area contributed by atoms with Gasteiger partial charge in [0.15, 0.2) is 5.78 Å². The second kappa shape index (κ2) is 6.63. The van der Waals surface area contributed by atoms with Gasteiger partial charge in [0.25, 0.3) is 0 Å². The number of carbonyl (C=O) groups excluding carboxylic acids is 1. The van der Waals surface area contributed by atoms with Crippen LogP contribution in [0.25, 0.3) is 0 Å². The Bertz CT molecular complexity index is 776. The van der Waals surface area contributed by atoms with Gasteiger partial charge in [0.2, 0.25) is 0 Å². The van der Waals surface area contributed by atoms with Crippen molar-refractivity contribution in [3.05, 3.63) is 95.6 Å². The summed E-state index contributed by atoms with van der Waals surface area (Å²) in [6.45, 7) is 1.97. The summed E-state index contributed by atoms with van der Waals surface area (Å²) >= 11 is 1.70. The molecule has 3 aromatic rings. The zero-order chi connectivity index (χ0) is 15.4. The molecule has 1 nitrogen and oxygen atoms in total. The molecule has 0 atom stereocenters. The van der Waals surface area contributed by atoms with E-state index in [1.165, 1.54) is 4.90 Å². The van der Waals surface area contributed by atoms with Gasteiger partial charge in [-0.3, -0.25) is 4.79 Å². The summed E-state index contributed by atoms with van der Waals surface area (Å²) in [5.74, 6) is 0.0781. The number of ketones is 1. The molecular weight excluding hydrogens is 288 g/mol. The quantitative estimate of drug-likeness (QED) is 0.602. The van der Waals surface area contributed by atoms with Gasteiger partial charge >= 0.3 is 0 Å². The molecule has 0 unspecified atom stereocenters. The molecule has 108 valence electrons. The lowest BCUT2D eigenvalue weighted by Crippen LogP contribution is -2.03. The summed E-state index contributed by atoms with van der Waals surface area (Å²) in [5.41, 5.74) is 2.51. The largest absolute Gasteiger partial charge is 0.289 e. The SMILES string of the molecule is Cc1ccccc1C(=O)c1ccc(Sc2ccccc2)cc1. The van der Waals surface area contributed by atoms with Gasteiger partial charge in [0.1, 0.15) is 0 Å². The Hall–Kier alpha value is -2.32. The zero-order valence-electron chi connectivity index (χ0n) is 12.3. The van der Waals surface area contributed by atoms with Gasteiger partial charge < -0.3 is 0 Å². The zero-order valence-corrected chi connectivity index (χ0v) is 13.1. The maximum atomic E-state index is 12.5. The number of benzene rings is 3. The molecule has 0 heterocycles. The van der Waals surface area contributed by atoms with Crippen molar-refractivity contribution in [1.29, 1.82) is 0 Å². The number of rotatable bonds is 4. The highest BCUT2D eigenvalue weighted by atomic mass is 32.2. The first-order valence-electron chi connectivity index (χ1n) is 7.17. The molecule has 0 amide bonds. The first-order chi connectivity index (χ1) is 10.7. The summed E-state index contributed by atoms with van der Waals surface area (Å²) in [6.07, 6.45) is 0. The Balaban J connectivity index is 1.80. The smallest absolute Gasteiger partial charge is 0.193 e. The molecule has 0 fully saturated rings. The molecule has 0 N–H and O–H groups in total. The standard InChI is InChI=1S/C20H16OS/c1-15-7-5-6-10-19(15)20(21)16-11-13-18(14-12-16)22-17-8-3-2-4-9-17/h2-14H,1H3. The number of hydrogen-bond donors (Lipinski definition) is 0. The summed E-state index contributed by atoms with van der Waals surface area (Å²) in [4.78, 5) is 14.9. The normalized spacial score (nSPS) is 10.4. The number of carbonyl (C=O) groups is 1. The van der Waals surface area contributed by atoms with Crippen molar-refractivity contribution < 1.29 is 4.79 Å². The summed E-state index contributed by atoms with van der Waals surface area (Å²) in [5, 5.41) is 0.